The van der Waals surface area contributed by atoms with Crippen molar-refractivity contribution in [3.63, 3.8) is 0 Å². The highest BCUT2D eigenvalue weighted by Gasteiger charge is 2.32. The monoisotopic (exact) mass is 281 g/mol. The Bertz CT molecular complexity index is 762. The third-order valence-corrected chi connectivity index (χ3v) is 5.00. The summed E-state index contributed by atoms with van der Waals surface area (Å²) in [5.41, 5.74) is 1.05. The molecule has 19 heavy (non-hydrogen) atoms. The van der Waals surface area contributed by atoms with E-state index in [1.165, 1.54) is 12.1 Å². The number of nitrogens with zero attached hydrogens (tertiary/aromatic N) is 1. The van der Waals surface area contributed by atoms with Gasteiger partial charge in [0.2, 0.25) is 0 Å². The summed E-state index contributed by atoms with van der Waals surface area (Å²) >= 11 is 0. The minimum absolute atomic E-state index is 0.0472. The zero-order valence-corrected chi connectivity index (χ0v) is 10.7. The van der Waals surface area contributed by atoms with Crippen LogP contribution in [0.4, 0.5) is 0 Å². The highest BCUT2D eigenvalue weighted by atomic mass is 32.2. The first kappa shape index (κ1) is 12.2. The highest BCUT2D eigenvalue weighted by Crippen LogP contribution is 2.30. The molecule has 6 nitrogen and oxygen atoms in total. The lowest BCUT2D eigenvalue weighted by Crippen LogP contribution is -2.03. The second-order valence-electron chi connectivity index (χ2n) is 4.64. The molecule has 0 saturated carbocycles. The fraction of sp³-hybridized carbons (Fsp3) is 0.333. The first-order valence-electron chi connectivity index (χ1n) is 5.79. The lowest BCUT2D eigenvalue weighted by molar-refractivity contribution is 0.0697. The summed E-state index contributed by atoms with van der Waals surface area (Å²) < 4.78 is 28.4. The van der Waals surface area contributed by atoms with Gasteiger partial charge in [-0.2, -0.15) is 0 Å². The van der Waals surface area contributed by atoms with E-state index in [-0.39, 0.29) is 23.0 Å². The van der Waals surface area contributed by atoms with E-state index in [9.17, 15) is 13.2 Å². The Morgan fingerprint density at radius 2 is 2.21 bits per heavy atom. The van der Waals surface area contributed by atoms with Crippen molar-refractivity contribution in [1.82, 2.24) is 4.98 Å². The van der Waals surface area contributed by atoms with E-state index >= 15 is 0 Å². The van der Waals surface area contributed by atoms with Crippen molar-refractivity contribution in [2.24, 2.45) is 0 Å². The summed E-state index contributed by atoms with van der Waals surface area (Å²) in [6.45, 7) is 0. The number of hydrogen-bond acceptors (Lipinski definition) is 5. The van der Waals surface area contributed by atoms with Gasteiger partial charge in [0.25, 0.3) is 0 Å². The van der Waals surface area contributed by atoms with Crippen LogP contribution >= 0.6 is 0 Å². The number of carboxylic acids is 1. The highest BCUT2D eigenvalue weighted by molar-refractivity contribution is 7.91. The van der Waals surface area contributed by atoms with Gasteiger partial charge in [-0.25, -0.2) is 18.2 Å². The first-order valence-corrected chi connectivity index (χ1v) is 7.61. The number of carboxylic acid groups (broad SMARTS) is 1. The Hall–Kier alpha value is -1.89. The molecule has 1 aromatic carbocycles. The SMILES string of the molecule is O=C(O)c1ccc2oc(C3CCS(=O)(=O)C3)nc2c1. The van der Waals surface area contributed by atoms with Gasteiger partial charge in [0.15, 0.2) is 21.3 Å². The second-order valence-corrected chi connectivity index (χ2v) is 6.87. The molecule has 1 unspecified atom stereocenters. The van der Waals surface area contributed by atoms with Gasteiger partial charge in [-0.05, 0) is 24.6 Å². The molecule has 2 heterocycles. The van der Waals surface area contributed by atoms with Crippen molar-refractivity contribution in [2.75, 3.05) is 11.5 Å². The van der Waals surface area contributed by atoms with Crippen LogP contribution in [0.2, 0.25) is 0 Å². The molecule has 1 saturated heterocycles. The number of aromatic nitrogens is 1. The van der Waals surface area contributed by atoms with Crippen LogP contribution < -0.4 is 0 Å². The summed E-state index contributed by atoms with van der Waals surface area (Å²) in [5.74, 6) is -0.693. The molecule has 1 N–H and O–H groups in total. The number of benzene rings is 1. The molecule has 1 aliphatic rings. The standard InChI is InChI=1S/C12H11NO5S/c14-12(15)7-1-2-10-9(5-7)13-11(18-10)8-3-4-19(16,17)6-8/h1-2,5,8H,3-4,6H2,(H,14,15). The maximum absolute atomic E-state index is 11.4. The second kappa shape index (κ2) is 4.06. The topological polar surface area (TPSA) is 97.5 Å². The fourth-order valence-corrected chi connectivity index (χ4v) is 3.98. The molecule has 0 bridgehead atoms. The van der Waals surface area contributed by atoms with Crippen molar-refractivity contribution in [2.45, 2.75) is 12.3 Å². The number of aromatic carboxylic acids is 1. The van der Waals surface area contributed by atoms with Crippen molar-refractivity contribution in [3.8, 4) is 0 Å². The maximum Gasteiger partial charge on any atom is 0.335 e. The first-order chi connectivity index (χ1) is 8.94. The van der Waals surface area contributed by atoms with Gasteiger partial charge < -0.3 is 9.52 Å². The molecule has 0 amide bonds. The molecule has 0 aliphatic carbocycles. The average Bonchev–Trinajstić information content (AvgIpc) is 2.90. The maximum atomic E-state index is 11.4. The Morgan fingerprint density at radius 3 is 2.84 bits per heavy atom. The largest absolute Gasteiger partial charge is 0.478 e. The molecule has 1 aromatic heterocycles. The van der Waals surface area contributed by atoms with E-state index in [0.29, 0.717) is 23.4 Å². The molecule has 100 valence electrons. The molecule has 1 atom stereocenters. The summed E-state index contributed by atoms with van der Waals surface area (Å²) in [7, 11) is -3.00. The molecule has 3 rings (SSSR count). The number of hydrogen-bond donors (Lipinski definition) is 1. The van der Waals surface area contributed by atoms with E-state index in [2.05, 4.69) is 4.98 Å². The minimum Gasteiger partial charge on any atom is -0.478 e. The van der Waals surface area contributed by atoms with Crippen molar-refractivity contribution in [3.05, 3.63) is 29.7 Å². The average molecular weight is 281 g/mol. The van der Waals surface area contributed by atoms with Crippen LogP contribution in [0.3, 0.4) is 0 Å². The Kier molecular flexibility index (Phi) is 2.60. The van der Waals surface area contributed by atoms with Crippen LogP contribution in [-0.4, -0.2) is 36.0 Å². The smallest absolute Gasteiger partial charge is 0.335 e. The summed E-state index contributed by atoms with van der Waals surface area (Å²) in [4.78, 5) is 15.1. The van der Waals surface area contributed by atoms with Gasteiger partial charge >= 0.3 is 5.97 Å². The number of carbonyl (C=O) groups is 1. The van der Waals surface area contributed by atoms with Crippen LogP contribution in [0, 0.1) is 0 Å². The summed E-state index contributed by atoms with van der Waals surface area (Å²) in [6, 6.07) is 4.40. The van der Waals surface area contributed by atoms with E-state index in [1.807, 2.05) is 0 Å². The van der Waals surface area contributed by atoms with Crippen LogP contribution in [-0.2, 0) is 9.84 Å². The van der Waals surface area contributed by atoms with Gasteiger partial charge in [-0.15, -0.1) is 0 Å². The molecule has 0 radical (unpaired) electrons. The van der Waals surface area contributed by atoms with Crippen LogP contribution in [0.1, 0.15) is 28.6 Å². The van der Waals surface area contributed by atoms with Gasteiger partial charge in [-0.1, -0.05) is 0 Å². The quantitative estimate of drug-likeness (QED) is 0.894. The Morgan fingerprint density at radius 1 is 1.42 bits per heavy atom. The Balaban J connectivity index is 2.00. The number of rotatable bonds is 2. The van der Waals surface area contributed by atoms with E-state index in [4.69, 9.17) is 9.52 Å². The fourth-order valence-electron chi connectivity index (χ4n) is 2.24. The third kappa shape index (κ3) is 2.21. The number of fused-ring (bicyclic) bond motifs is 1. The van der Waals surface area contributed by atoms with Gasteiger partial charge in [0, 0.05) is 0 Å². The lowest BCUT2D eigenvalue weighted by Gasteiger charge is -1.99. The van der Waals surface area contributed by atoms with Crippen LogP contribution in [0.25, 0.3) is 11.1 Å². The molecular weight excluding hydrogens is 270 g/mol. The molecule has 2 aromatic rings. The minimum atomic E-state index is -3.00. The predicted molar refractivity (Wildman–Crippen MR) is 67.0 cm³/mol. The molecule has 1 fully saturated rings. The zero-order chi connectivity index (χ0) is 13.6. The van der Waals surface area contributed by atoms with E-state index in [1.54, 1.807) is 6.07 Å². The van der Waals surface area contributed by atoms with Crippen LogP contribution in [0.5, 0.6) is 0 Å². The van der Waals surface area contributed by atoms with Gasteiger partial charge in [0.05, 0.1) is 23.0 Å². The molecular formula is C12H11NO5S. The normalized spacial score (nSPS) is 21.8. The number of oxazole rings is 1. The van der Waals surface area contributed by atoms with E-state index in [0.717, 1.165) is 0 Å². The lowest BCUT2D eigenvalue weighted by atomic mass is 10.1. The molecule has 1 aliphatic heterocycles. The Labute approximate surface area is 109 Å². The summed E-state index contributed by atoms with van der Waals surface area (Å²) in [6.07, 6.45) is 0.501. The third-order valence-electron chi connectivity index (χ3n) is 3.23. The predicted octanol–water partition coefficient (Wildman–Crippen LogP) is 1.43. The zero-order valence-electron chi connectivity index (χ0n) is 9.87. The van der Waals surface area contributed by atoms with Crippen molar-refractivity contribution in [1.29, 1.82) is 0 Å². The van der Waals surface area contributed by atoms with Crippen molar-refractivity contribution < 1.29 is 22.7 Å². The van der Waals surface area contributed by atoms with Gasteiger partial charge in [-0.3, -0.25) is 0 Å². The van der Waals surface area contributed by atoms with Crippen molar-refractivity contribution >= 4 is 26.9 Å². The van der Waals surface area contributed by atoms with E-state index < -0.39 is 15.8 Å². The molecule has 7 heteroatoms. The van der Waals surface area contributed by atoms with Crippen LogP contribution in [0.15, 0.2) is 22.6 Å². The summed E-state index contributed by atoms with van der Waals surface area (Å²) in [5, 5.41) is 8.89. The van der Waals surface area contributed by atoms with Gasteiger partial charge in [0.1, 0.15) is 5.52 Å². The molecule has 0 spiro atoms. The number of sulfone groups is 1.